The fourth-order valence-electron chi connectivity index (χ4n) is 4.17. The van der Waals surface area contributed by atoms with E-state index in [1.807, 2.05) is 18.5 Å². The third-order valence-electron chi connectivity index (χ3n) is 5.29. The minimum Gasteiger partial charge on any atom is -0.374 e. The minimum atomic E-state index is 0.188. The van der Waals surface area contributed by atoms with Crippen molar-refractivity contribution in [2.75, 3.05) is 19.7 Å². The van der Waals surface area contributed by atoms with Gasteiger partial charge >= 0.3 is 0 Å². The van der Waals surface area contributed by atoms with Gasteiger partial charge in [0.2, 0.25) is 0 Å². The van der Waals surface area contributed by atoms with Crippen molar-refractivity contribution >= 4 is 0 Å². The Morgan fingerprint density at radius 3 is 2.96 bits per heavy atom. The highest BCUT2D eigenvalue weighted by atomic mass is 16.5. The first-order valence-electron chi connectivity index (χ1n) is 9.02. The molecule has 0 N–H and O–H groups in total. The van der Waals surface area contributed by atoms with Gasteiger partial charge in [-0.05, 0) is 44.2 Å². The number of fused-ring (bicyclic) bond motifs is 1. The molecule has 4 rings (SSSR count). The van der Waals surface area contributed by atoms with Crippen LogP contribution in [0.2, 0.25) is 0 Å². The van der Waals surface area contributed by atoms with Crippen LogP contribution in [0.15, 0.2) is 24.3 Å². The predicted octanol–water partition coefficient (Wildman–Crippen LogP) is 2.67. The Labute approximate surface area is 143 Å². The second kappa shape index (κ2) is 6.65. The topological polar surface area (TPSA) is 43.2 Å². The number of aromatic nitrogens is 3. The molecule has 5 heteroatoms. The fourth-order valence-corrected chi connectivity index (χ4v) is 4.17. The predicted molar refractivity (Wildman–Crippen MR) is 92.9 cm³/mol. The molecular formula is C19H26N4O. The average molecular weight is 326 g/mol. The molecule has 1 saturated heterocycles. The molecule has 2 aliphatic rings. The maximum atomic E-state index is 6.02. The van der Waals surface area contributed by atoms with Gasteiger partial charge in [-0.1, -0.05) is 24.3 Å². The molecule has 5 nitrogen and oxygen atoms in total. The Balaban J connectivity index is 1.48. The number of rotatable bonds is 3. The Kier molecular flexibility index (Phi) is 4.37. The Bertz CT molecular complexity index is 711. The maximum absolute atomic E-state index is 6.02. The van der Waals surface area contributed by atoms with Crippen molar-refractivity contribution in [3.63, 3.8) is 0 Å². The van der Waals surface area contributed by atoms with Crippen LogP contribution in [-0.2, 0) is 17.7 Å². The third kappa shape index (κ3) is 3.10. The van der Waals surface area contributed by atoms with E-state index in [1.165, 1.54) is 30.4 Å². The van der Waals surface area contributed by atoms with Crippen LogP contribution in [0.5, 0.6) is 0 Å². The van der Waals surface area contributed by atoms with Crippen molar-refractivity contribution < 1.29 is 4.74 Å². The first-order valence-corrected chi connectivity index (χ1v) is 9.02. The van der Waals surface area contributed by atoms with Crippen molar-refractivity contribution in [1.29, 1.82) is 0 Å². The van der Waals surface area contributed by atoms with Crippen molar-refractivity contribution in [1.82, 2.24) is 19.7 Å². The number of benzene rings is 1. The minimum absolute atomic E-state index is 0.188. The standard InChI is InChI=1S/C19H26N4O/c1-14-20-15(2)23(21-14)13-17-12-22(10-11-24-17)19-9-5-7-16-6-3-4-8-18(16)19/h3-4,6,8,17,19H,5,7,9-13H2,1-2H3/t17-,19+/m0/s1. The second-order valence-electron chi connectivity index (χ2n) is 6.98. The van der Waals surface area contributed by atoms with Crippen LogP contribution in [0.25, 0.3) is 0 Å². The Morgan fingerprint density at radius 2 is 2.12 bits per heavy atom. The second-order valence-corrected chi connectivity index (χ2v) is 6.98. The summed E-state index contributed by atoms with van der Waals surface area (Å²) in [6.45, 7) is 7.53. The van der Waals surface area contributed by atoms with E-state index < -0.39 is 0 Å². The van der Waals surface area contributed by atoms with Crippen molar-refractivity contribution in [2.45, 2.75) is 51.8 Å². The molecule has 2 atom stereocenters. The molecule has 1 aliphatic carbocycles. The summed E-state index contributed by atoms with van der Waals surface area (Å²) in [6, 6.07) is 9.49. The van der Waals surface area contributed by atoms with Crippen molar-refractivity contribution in [3.05, 3.63) is 47.0 Å². The van der Waals surface area contributed by atoms with Gasteiger partial charge in [-0.15, -0.1) is 0 Å². The van der Waals surface area contributed by atoms with Crippen LogP contribution in [0.3, 0.4) is 0 Å². The molecule has 0 saturated carbocycles. The highest BCUT2D eigenvalue weighted by Crippen LogP contribution is 2.35. The molecule has 1 fully saturated rings. The van der Waals surface area contributed by atoms with Gasteiger partial charge in [-0.25, -0.2) is 9.67 Å². The summed E-state index contributed by atoms with van der Waals surface area (Å²) in [5, 5.41) is 4.48. The van der Waals surface area contributed by atoms with Gasteiger partial charge in [0, 0.05) is 19.1 Å². The lowest BCUT2D eigenvalue weighted by Crippen LogP contribution is -2.46. The number of nitrogens with zero attached hydrogens (tertiary/aromatic N) is 4. The maximum Gasteiger partial charge on any atom is 0.147 e. The molecule has 2 aromatic rings. The van der Waals surface area contributed by atoms with Gasteiger partial charge in [0.15, 0.2) is 0 Å². The summed E-state index contributed by atoms with van der Waals surface area (Å²) in [7, 11) is 0. The molecule has 0 spiro atoms. The van der Waals surface area contributed by atoms with E-state index >= 15 is 0 Å². The van der Waals surface area contributed by atoms with Crippen LogP contribution in [0, 0.1) is 13.8 Å². The first kappa shape index (κ1) is 15.8. The molecule has 0 amide bonds. The molecular weight excluding hydrogens is 300 g/mol. The molecule has 0 bridgehead atoms. The summed E-state index contributed by atoms with van der Waals surface area (Å²) in [5.74, 6) is 1.80. The van der Waals surface area contributed by atoms with Crippen LogP contribution in [-0.4, -0.2) is 45.5 Å². The van der Waals surface area contributed by atoms with E-state index in [0.29, 0.717) is 6.04 Å². The van der Waals surface area contributed by atoms with Gasteiger partial charge in [-0.2, -0.15) is 5.10 Å². The summed E-state index contributed by atoms with van der Waals surface area (Å²) in [6.07, 6.45) is 3.95. The van der Waals surface area contributed by atoms with Gasteiger partial charge in [0.25, 0.3) is 0 Å². The Morgan fingerprint density at radius 1 is 1.25 bits per heavy atom. The summed E-state index contributed by atoms with van der Waals surface area (Å²) in [4.78, 5) is 7.01. The Hall–Kier alpha value is -1.72. The normalized spacial score (nSPS) is 24.8. The third-order valence-corrected chi connectivity index (χ3v) is 5.29. The van der Waals surface area contributed by atoms with Crippen LogP contribution in [0.1, 0.15) is 41.7 Å². The summed E-state index contributed by atoms with van der Waals surface area (Å²) >= 11 is 0. The smallest absolute Gasteiger partial charge is 0.147 e. The highest BCUT2D eigenvalue weighted by Gasteiger charge is 2.30. The number of hydrogen-bond acceptors (Lipinski definition) is 4. The number of aryl methyl sites for hydroxylation is 3. The van der Waals surface area contributed by atoms with E-state index in [9.17, 15) is 0 Å². The molecule has 24 heavy (non-hydrogen) atoms. The summed E-state index contributed by atoms with van der Waals surface area (Å²) < 4.78 is 8.01. The van der Waals surface area contributed by atoms with E-state index in [0.717, 1.165) is 37.9 Å². The zero-order chi connectivity index (χ0) is 16.5. The molecule has 1 aliphatic heterocycles. The molecule has 2 heterocycles. The molecule has 1 aromatic heterocycles. The lowest BCUT2D eigenvalue weighted by molar-refractivity contribution is -0.0544. The average Bonchev–Trinajstić information content (AvgIpc) is 2.92. The van der Waals surface area contributed by atoms with Gasteiger partial charge < -0.3 is 4.74 Å². The van der Waals surface area contributed by atoms with E-state index in [-0.39, 0.29) is 6.10 Å². The number of hydrogen-bond donors (Lipinski definition) is 0. The largest absolute Gasteiger partial charge is 0.374 e. The van der Waals surface area contributed by atoms with Gasteiger partial charge in [0.1, 0.15) is 11.6 Å². The van der Waals surface area contributed by atoms with Crippen molar-refractivity contribution in [3.8, 4) is 0 Å². The molecule has 0 unspecified atom stereocenters. The quantitative estimate of drug-likeness (QED) is 0.870. The van der Waals surface area contributed by atoms with E-state index in [1.54, 1.807) is 0 Å². The fraction of sp³-hybridized carbons (Fsp3) is 0.579. The summed E-state index contributed by atoms with van der Waals surface area (Å²) in [5.41, 5.74) is 3.05. The van der Waals surface area contributed by atoms with Crippen molar-refractivity contribution in [2.24, 2.45) is 0 Å². The first-order chi connectivity index (χ1) is 11.7. The van der Waals surface area contributed by atoms with Gasteiger partial charge in [-0.3, -0.25) is 4.90 Å². The molecule has 128 valence electrons. The van der Waals surface area contributed by atoms with E-state index in [4.69, 9.17) is 4.74 Å². The zero-order valence-electron chi connectivity index (χ0n) is 14.6. The lowest BCUT2D eigenvalue weighted by atomic mass is 9.86. The van der Waals surface area contributed by atoms with Gasteiger partial charge in [0.05, 0.1) is 19.3 Å². The van der Waals surface area contributed by atoms with Crippen LogP contribution in [0.4, 0.5) is 0 Å². The monoisotopic (exact) mass is 326 g/mol. The highest BCUT2D eigenvalue weighted by molar-refractivity contribution is 5.32. The number of morpholine rings is 1. The zero-order valence-corrected chi connectivity index (χ0v) is 14.6. The number of ether oxygens (including phenoxy) is 1. The lowest BCUT2D eigenvalue weighted by Gasteiger charge is -2.40. The SMILES string of the molecule is Cc1nc(C)n(C[C@@H]2CN([C@@H]3CCCc4ccccc43)CCO2)n1. The molecule has 0 radical (unpaired) electrons. The van der Waals surface area contributed by atoms with E-state index in [2.05, 4.69) is 39.2 Å². The molecule has 1 aromatic carbocycles. The van der Waals surface area contributed by atoms with Crippen LogP contribution >= 0.6 is 0 Å². The van der Waals surface area contributed by atoms with Crippen LogP contribution < -0.4 is 0 Å².